The largest absolute Gasteiger partial charge is 0.345 e. The molecule has 7 nitrogen and oxygen atoms in total. The van der Waals surface area contributed by atoms with Gasteiger partial charge in [-0.2, -0.15) is 0 Å². The first-order chi connectivity index (χ1) is 12.1. The van der Waals surface area contributed by atoms with E-state index < -0.39 is 0 Å². The van der Waals surface area contributed by atoms with Crippen LogP contribution in [0.3, 0.4) is 0 Å². The number of rotatable bonds is 5. The van der Waals surface area contributed by atoms with E-state index in [2.05, 4.69) is 43.4 Å². The van der Waals surface area contributed by atoms with Gasteiger partial charge in [-0.1, -0.05) is 18.2 Å². The Kier molecular flexibility index (Phi) is 5.27. The minimum absolute atomic E-state index is 0.106. The second-order valence-corrected chi connectivity index (χ2v) is 6.60. The predicted octanol–water partition coefficient (Wildman–Crippen LogP) is 1.94. The maximum absolute atomic E-state index is 12.1. The molecule has 8 heteroatoms. The van der Waals surface area contributed by atoms with Crippen molar-refractivity contribution in [2.75, 3.05) is 6.54 Å². The zero-order valence-electron chi connectivity index (χ0n) is 13.4. The highest BCUT2D eigenvalue weighted by atomic mass is 127. The number of nitrogens with zero attached hydrogens (tertiary/aromatic N) is 3. The molecular weight excluding hydrogens is 433 g/mol. The maximum atomic E-state index is 12.1. The molecule has 0 aliphatic rings. The van der Waals surface area contributed by atoms with E-state index in [-0.39, 0.29) is 24.4 Å². The van der Waals surface area contributed by atoms with Crippen LogP contribution in [0.2, 0.25) is 0 Å². The molecular formula is C17H16IN5O2. The van der Waals surface area contributed by atoms with Crippen LogP contribution in [0.5, 0.6) is 0 Å². The summed E-state index contributed by atoms with van der Waals surface area (Å²) >= 11 is 2.09. The molecule has 3 aromatic rings. The molecule has 0 bridgehead atoms. The van der Waals surface area contributed by atoms with Crippen LogP contribution in [0, 0.1) is 3.57 Å². The number of nitrogens with one attached hydrogen (secondary N) is 2. The average molecular weight is 449 g/mol. The number of fused-ring (bicyclic) bond motifs is 1. The Balaban J connectivity index is 1.59. The fraction of sp³-hybridized carbons (Fsp3) is 0.176. The third-order valence-electron chi connectivity index (χ3n) is 3.63. The van der Waals surface area contributed by atoms with Gasteiger partial charge in [0.05, 0.1) is 18.2 Å². The summed E-state index contributed by atoms with van der Waals surface area (Å²) in [5.41, 5.74) is 1.26. The van der Waals surface area contributed by atoms with Crippen molar-refractivity contribution < 1.29 is 9.59 Å². The van der Waals surface area contributed by atoms with Crippen LogP contribution in [0.4, 0.5) is 0 Å². The van der Waals surface area contributed by atoms with Gasteiger partial charge >= 0.3 is 0 Å². The molecule has 0 aliphatic heterocycles. The zero-order valence-corrected chi connectivity index (χ0v) is 15.6. The quantitative estimate of drug-likeness (QED) is 0.583. The fourth-order valence-corrected chi connectivity index (χ4v) is 3.05. The van der Waals surface area contributed by atoms with Crippen LogP contribution in [-0.2, 0) is 4.79 Å². The van der Waals surface area contributed by atoms with E-state index in [1.165, 1.54) is 0 Å². The highest BCUT2D eigenvalue weighted by Crippen LogP contribution is 2.12. The van der Waals surface area contributed by atoms with Crippen LogP contribution in [-0.4, -0.2) is 33.0 Å². The minimum atomic E-state index is -0.335. The maximum Gasteiger partial charge on any atom is 0.252 e. The van der Waals surface area contributed by atoms with E-state index in [1.54, 1.807) is 12.1 Å². The standard InChI is InChI=1S/C17H16IN5O2/c1-11(16-22-21-14-8-4-5-9-23(14)16)20-15(24)10-19-17(25)12-6-2-3-7-13(12)18/h2-9,11H,10H2,1H3,(H,19,25)(H,20,24). The highest BCUT2D eigenvalue weighted by Gasteiger charge is 2.16. The normalized spacial score (nSPS) is 11.9. The Labute approximate surface area is 158 Å². The van der Waals surface area contributed by atoms with Crippen LogP contribution in [0.25, 0.3) is 5.65 Å². The molecule has 3 rings (SSSR count). The van der Waals surface area contributed by atoms with Gasteiger partial charge in [0.2, 0.25) is 5.91 Å². The molecule has 0 fully saturated rings. The molecule has 128 valence electrons. The number of halogens is 1. The van der Waals surface area contributed by atoms with Gasteiger partial charge in [-0.25, -0.2) is 0 Å². The molecule has 0 spiro atoms. The van der Waals surface area contributed by atoms with Crippen molar-refractivity contribution in [1.82, 2.24) is 25.2 Å². The van der Waals surface area contributed by atoms with Gasteiger partial charge in [-0.05, 0) is 53.8 Å². The lowest BCUT2D eigenvalue weighted by Crippen LogP contribution is -2.38. The molecule has 1 atom stereocenters. The number of carbonyl (C=O) groups is 2. The van der Waals surface area contributed by atoms with E-state index in [4.69, 9.17) is 0 Å². The van der Waals surface area contributed by atoms with Gasteiger partial charge < -0.3 is 10.6 Å². The molecule has 1 unspecified atom stereocenters. The topological polar surface area (TPSA) is 88.4 Å². The van der Waals surface area contributed by atoms with Gasteiger partial charge in [-0.15, -0.1) is 10.2 Å². The van der Waals surface area contributed by atoms with Gasteiger partial charge in [0, 0.05) is 9.77 Å². The molecule has 2 heterocycles. The summed E-state index contributed by atoms with van der Waals surface area (Å²) < 4.78 is 2.65. The number of pyridine rings is 1. The third-order valence-corrected chi connectivity index (χ3v) is 4.57. The molecule has 0 saturated heterocycles. The van der Waals surface area contributed by atoms with Crippen molar-refractivity contribution in [3.63, 3.8) is 0 Å². The third kappa shape index (κ3) is 3.95. The molecule has 25 heavy (non-hydrogen) atoms. The molecule has 2 amide bonds. The summed E-state index contributed by atoms with van der Waals surface area (Å²) in [6.07, 6.45) is 1.84. The van der Waals surface area contributed by atoms with Crippen molar-refractivity contribution in [3.8, 4) is 0 Å². The van der Waals surface area contributed by atoms with E-state index in [1.807, 2.05) is 47.9 Å². The van der Waals surface area contributed by atoms with Gasteiger partial charge in [-0.3, -0.25) is 14.0 Å². The van der Waals surface area contributed by atoms with Crippen LogP contribution in [0.1, 0.15) is 29.1 Å². The van der Waals surface area contributed by atoms with E-state index in [0.717, 1.165) is 3.57 Å². The first-order valence-corrected chi connectivity index (χ1v) is 8.76. The Hall–Kier alpha value is -2.49. The second kappa shape index (κ2) is 7.60. The number of benzene rings is 1. The van der Waals surface area contributed by atoms with Crippen molar-refractivity contribution in [2.24, 2.45) is 0 Å². The summed E-state index contributed by atoms with van der Waals surface area (Å²) in [4.78, 5) is 24.3. The number of aromatic nitrogens is 3. The summed E-state index contributed by atoms with van der Waals surface area (Å²) in [6.45, 7) is 1.72. The lowest BCUT2D eigenvalue weighted by atomic mass is 10.2. The van der Waals surface area contributed by atoms with E-state index in [9.17, 15) is 9.59 Å². The minimum Gasteiger partial charge on any atom is -0.345 e. The molecule has 0 aliphatic carbocycles. The van der Waals surface area contributed by atoms with Gasteiger partial charge in [0.1, 0.15) is 0 Å². The first kappa shape index (κ1) is 17.3. The number of hydrogen-bond donors (Lipinski definition) is 2. The highest BCUT2D eigenvalue weighted by molar-refractivity contribution is 14.1. The second-order valence-electron chi connectivity index (χ2n) is 5.44. The summed E-state index contributed by atoms with van der Waals surface area (Å²) in [5, 5.41) is 13.6. The average Bonchev–Trinajstić information content (AvgIpc) is 3.04. The molecule has 2 N–H and O–H groups in total. The Morgan fingerprint density at radius 3 is 2.72 bits per heavy atom. The van der Waals surface area contributed by atoms with Gasteiger partial charge in [0.25, 0.3) is 5.91 Å². The number of carbonyl (C=O) groups excluding carboxylic acids is 2. The smallest absolute Gasteiger partial charge is 0.252 e. The Morgan fingerprint density at radius 2 is 1.92 bits per heavy atom. The Morgan fingerprint density at radius 1 is 1.16 bits per heavy atom. The zero-order chi connectivity index (χ0) is 17.8. The fourth-order valence-electron chi connectivity index (χ4n) is 2.41. The lowest BCUT2D eigenvalue weighted by Gasteiger charge is -2.13. The summed E-state index contributed by atoms with van der Waals surface area (Å²) in [5.74, 6) is 0.0630. The van der Waals surface area contributed by atoms with Gasteiger partial charge in [0.15, 0.2) is 11.5 Å². The first-order valence-electron chi connectivity index (χ1n) is 7.68. The summed E-state index contributed by atoms with van der Waals surface area (Å²) in [6, 6.07) is 12.5. The SMILES string of the molecule is CC(NC(=O)CNC(=O)c1ccccc1I)c1nnc2ccccn12. The lowest BCUT2D eigenvalue weighted by molar-refractivity contribution is -0.120. The number of amides is 2. The van der Waals surface area contributed by atoms with Crippen molar-refractivity contribution in [3.05, 3.63) is 63.6 Å². The molecule has 1 aromatic carbocycles. The van der Waals surface area contributed by atoms with E-state index >= 15 is 0 Å². The van der Waals surface area contributed by atoms with Crippen LogP contribution >= 0.6 is 22.6 Å². The molecule has 0 saturated carbocycles. The van der Waals surface area contributed by atoms with Crippen LogP contribution < -0.4 is 10.6 Å². The monoisotopic (exact) mass is 449 g/mol. The van der Waals surface area contributed by atoms with E-state index in [0.29, 0.717) is 17.0 Å². The molecule has 0 radical (unpaired) electrons. The van der Waals surface area contributed by atoms with Crippen molar-refractivity contribution >= 4 is 40.1 Å². The Bertz CT molecular complexity index is 924. The number of hydrogen-bond acceptors (Lipinski definition) is 4. The summed E-state index contributed by atoms with van der Waals surface area (Å²) in [7, 11) is 0. The van der Waals surface area contributed by atoms with Crippen molar-refractivity contribution in [1.29, 1.82) is 0 Å². The predicted molar refractivity (Wildman–Crippen MR) is 101 cm³/mol. The molecule has 2 aromatic heterocycles. The van der Waals surface area contributed by atoms with Crippen LogP contribution in [0.15, 0.2) is 48.7 Å². The van der Waals surface area contributed by atoms with Crippen molar-refractivity contribution in [2.45, 2.75) is 13.0 Å².